The van der Waals surface area contributed by atoms with Gasteiger partial charge in [-0.05, 0) is 19.1 Å². The van der Waals surface area contributed by atoms with Crippen molar-refractivity contribution in [1.82, 2.24) is 0 Å². The average molecular weight is 261 g/mol. The van der Waals surface area contributed by atoms with E-state index in [2.05, 4.69) is 6.58 Å². The van der Waals surface area contributed by atoms with Crippen molar-refractivity contribution < 1.29 is 9.84 Å². The van der Waals surface area contributed by atoms with Crippen LogP contribution in [0.1, 0.15) is 18.9 Å². The lowest BCUT2D eigenvalue weighted by molar-refractivity contribution is 0.264. The minimum atomic E-state index is -0.150. The van der Waals surface area contributed by atoms with Crippen LogP contribution in [-0.4, -0.2) is 11.7 Å². The Morgan fingerprint density at radius 2 is 2.12 bits per heavy atom. The van der Waals surface area contributed by atoms with Gasteiger partial charge in [0.1, 0.15) is 5.75 Å². The molecular formula is C12H14Cl2O2. The lowest BCUT2D eigenvalue weighted by Crippen LogP contribution is -2.01. The fourth-order valence-electron chi connectivity index (χ4n) is 1.22. The van der Waals surface area contributed by atoms with Crippen molar-refractivity contribution in [2.24, 2.45) is 0 Å². The first-order valence-electron chi connectivity index (χ1n) is 4.90. The van der Waals surface area contributed by atoms with Gasteiger partial charge in [0.05, 0.1) is 18.2 Å². The Balaban J connectivity index is 2.81. The van der Waals surface area contributed by atoms with Gasteiger partial charge in [-0.2, -0.15) is 0 Å². The van der Waals surface area contributed by atoms with Crippen LogP contribution in [0.3, 0.4) is 0 Å². The topological polar surface area (TPSA) is 29.5 Å². The molecule has 2 nitrogen and oxygen atoms in total. The van der Waals surface area contributed by atoms with Gasteiger partial charge < -0.3 is 9.84 Å². The van der Waals surface area contributed by atoms with Crippen LogP contribution in [0.5, 0.6) is 5.75 Å². The van der Waals surface area contributed by atoms with Gasteiger partial charge in [-0.15, -0.1) is 6.58 Å². The van der Waals surface area contributed by atoms with Crippen LogP contribution in [0, 0.1) is 0 Å². The summed E-state index contributed by atoms with van der Waals surface area (Å²) in [6.45, 7) is 6.05. The van der Waals surface area contributed by atoms with E-state index in [4.69, 9.17) is 33.0 Å². The number of aliphatic hydroxyl groups is 1. The van der Waals surface area contributed by atoms with Gasteiger partial charge in [0.15, 0.2) is 0 Å². The van der Waals surface area contributed by atoms with Crippen LogP contribution in [0.15, 0.2) is 24.3 Å². The summed E-state index contributed by atoms with van der Waals surface area (Å²) in [5, 5.41) is 10.1. The maximum absolute atomic E-state index is 9.16. The molecule has 0 radical (unpaired) electrons. The summed E-state index contributed by atoms with van der Waals surface area (Å²) in [6, 6.07) is 3.24. The van der Waals surface area contributed by atoms with Crippen LogP contribution in [0.25, 0.3) is 0 Å². The van der Waals surface area contributed by atoms with Gasteiger partial charge in [-0.1, -0.05) is 28.8 Å². The third kappa shape index (κ3) is 3.71. The molecule has 0 saturated carbocycles. The van der Waals surface area contributed by atoms with E-state index >= 15 is 0 Å². The van der Waals surface area contributed by atoms with E-state index < -0.39 is 0 Å². The maximum Gasteiger partial charge on any atom is 0.143 e. The molecule has 0 bridgehead atoms. The quantitative estimate of drug-likeness (QED) is 0.816. The molecule has 0 aliphatic heterocycles. The monoisotopic (exact) mass is 260 g/mol. The highest BCUT2D eigenvalue weighted by Crippen LogP contribution is 2.32. The van der Waals surface area contributed by atoms with Crippen LogP contribution in [0.2, 0.25) is 10.0 Å². The number of hydrogen-bond donors (Lipinski definition) is 1. The van der Waals surface area contributed by atoms with Gasteiger partial charge in [0.25, 0.3) is 0 Å². The second kappa shape index (κ2) is 6.14. The fraction of sp³-hybridized carbons (Fsp3) is 0.333. The predicted octanol–water partition coefficient (Wildman–Crippen LogP) is 3.83. The largest absolute Gasteiger partial charge is 0.491 e. The SMILES string of the molecule is C=C(C)CCOc1c(Cl)cc(Cl)cc1CO. The molecule has 0 aliphatic carbocycles. The predicted molar refractivity (Wildman–Crippen MR) is 67.3 cm³/mol. The molecule has 16 heavy (non-hydrogen) atoms. The van der Waals surface area contributed by atoms with Gasteiger partial charge in [-0.25, -0.2) is 0 Å². The minimum Gasteiger partial charge on any atom is -0.491 e. The first kappa shape index (κ1) is 13.4. The Hall–Kier alpha value is -0.700. The number of rotatable bonds is 5. The Morgan fingerprint density at radius 3 is 2.69 bits per heavy atom. The molecule has 1 N–H and O–H groups in total. The number of aliphatic hydroxyl groups excluding tert-OH is 1. The number of ether oxygens (including phenoxy) is 1. The van der Waals surface area contributed by atoms with E-state index in [0.717, 1.165) is 12.0 Å². The standard InChI is InChI=1S/C12H14Cl2O2/c1-8(2)3-4-16-12-9(7-15)5-10(13)6-11(12)14/h5-6,15H,1,3-4,7H2,2H3. The van der Waals surface area contributed by atoms with E-state index in [1.807, 2.05) is 6.92 Å². The summed E-state index contributed by atoms with van der Waals surface area (Å²) in [5.74, 6) is 0.495. The van der Waals surface area contributed by atoms with Gasteiger partial charge in [0.2, 0.25) is 0 Å². The highest BCUT2D eigenvalue weighted by Gasteiger charge is 2.09. The average Bonchev–Trinajstić information content (AvgIpc) is 2.20. The minimum absolute atomic E-state index is 0.150. The molecule has 0 heterocycles. The molecule has 0 unspecified atom stereocenters. The molecule has 0 spiro atoms. The summed E-state index contributed by atoms with van der Waals surface area (Å²) < 4.78 is 5.51. The van der Waals surface area contributed by atoms with Crippen LogP contribution < -0.4 is 4.74 Å². The molecule has 4 heteroatoms. The van der Waals surface area contributed by atoms with Crippen molar-refractivity contribution >= 4 is 23.2 Å². The Bertz CT molecular complexity index is 389. The van der Waals surface area contributed by atoms with E-state index in [0.29, 0.717) is 28.0 Å². The number of halogens is 2. The first-order valence-corrected chi connectivity index (χ1v) is 5.66. The molecular weight excluding hydrogens is 247 g/mol. The zero-order chi connectivity index (χ0) is 12.1. The first-order chi connectivity index (χ1) is 7.54. The number of hydrogen-bond acceptors (Lipinski definition) is 2. The van der Waals surface area contributed by atoms with E-state index in [9.17, 15) is 0 Å². The Kier molecular flexibility index (Phi) is 5.13. The van der Waals surface area contributed by atoms with Gasteiger partial charge in [0, 0.05) is 17.0 Å². The van der Waals surface area contributed by atoms with Crippen LogP contribution >= 0.6 is 23.2 Å². The molecule has 88 valence electrons. The zero-order valence-corrected chi connectivity index (χ0v) is 10.6. The highest BCUT2D eigenvalue weighted by atomic mass is 35.5. The van der Waals surface area contributed by atoms with Crippen molar-refractivity contribution in [3.05, 3.63) is 39.9 Å². The maximum atomic E-state index is 9.16. The lowest BCUT2D eigenvalue weighted by atomic mass is 10.2. The van der Waals surface area contributed by atoms with E-state index in [1.165, 1.54) is 0 Å². The fourth-order valence-corrected chi connectivity index (χ4v) is 1.81. The van der Waals surface area contributed by atoms with Gasteiger partial charge >= 0.3 is 0 Å². The second-order valence-corrected chi connectivity index (χ2v) is 4.43. The third-order valence-corrected chi connectivity index (χ3v) is 2.53. The molecule has 1 rings (SSSR count). The Labute approximate surface area is 105 Å². The summed E-state index contributed by atoms with van der Waals surface area (Å²) >= 11 is 11.8. The van der Waals surface area contributed by atoms with Gasteiger partial charge in [-0.3, -0.25) is 0 Å². The molecule has 0 aromatic heterocycles. The number of benzene rings is 1. The van der Waals surface area contributed by atoms with Crippen molar-refractivity contribution in [3.8, 4) is 5.75 Å². The van der Waals surface area contributed by atoms with Crippen molar-refractivity contribution in [3.63, 3.8) is 0 Å². The molecule has 1 aromatic carbocycles. The van der Waals surface area contributed by atoms with Crippen molar-refractivity contribution in [1.29, 1.82) is 0 Å². The zero-order valence-electron chi connectivity index (χ0n) is 9.09. The van der Waals surface area contributed by atoms with Crippen molar-refractivity contribution in [2.45, 2.75) is 20.0 Å². The summed E-state index contributed by atoms with van der Waals surface area (Å²) in [7, 11) is 0. The molecule has 0 aliphatic rings. The normalized spacial score (nSPS) is 10.2. The molecule has 0 amide bonds. The second-order valence-electron chi connectivity index (χ2n) is 3.59. The Morgan fingerprint density at radius 1 is 1.44 bits per heavy atom. The summed E-state index contributed by atoms with van der Waals surface area (Å²) in [5.41, 5.74) is 1.63. The van der Waals surface area contributed by atoms with Crippen LogP contribution in [0.4, 0.5) is 0 Å². The summed E-state index contributed by atoms with van der Waals surface area (Å²) in [6.07, 6.45) is 0.754. The van der Waals surface area contributed by atoms with E-state index in [-0.39, 0.29) is 6.61 Å². The molecule has 1 aromatic rings. The molecule has 0 saturated heterocycles. The molecule has 0 fully saturated rings. The van der Waals surface area contributed by atoms with Crippen LogP contribution in [-0.2, 0) is 6.61 Å². The third-order valence-electron chi connectivity index (χ3n) is 2.03. The van der Waals surface area contributed by atoms with Crippen molar-refractivity contribution in [2.75, 3.05) is 6.61 Å². The molecule has 0 atom stereocenters. The smallest absolute Gasteiger partial charge is 0.143 e. The highest BCUT2D eigenvalue weighted by molar-refractivity contribution is 6.35. The van der Waals surface area contributed by atoms with E-state index in [1.54, 1.807) is 12.1 Å². The summed E-state index contributed by atoms with van der Waals surface area (Å²) in [4.78, 5) is 0. The lowest BCUT2D eigenvalue weighted by Gasteiger charge is -2.12.